The number of benzene rings is 4. The molecule has 1 aliphatic heterocycles. The van der Waals surface area contributed by atoms with Crippen LogP contribution in [0.2, 0.25) is 0 Å². The minimum absolute atomic E-state index is 0.0765. The molecule has 0 spiro atoms. The molecule has 5 rings (SSSR count). The third-order valence-corrected chi connectivity index (χ3v) is 10.8. The van der Waals surface area contributed by atoms with E-state index in [1.54, 1.807) is 56.5 Å². The number of likely N-dealkylation sites (tertiary alicyclic amines) is 1. The van der Waals surface area contributed by atoms with Crippen LogP contribution in [0.15, 0.2) is 113 Å². The number of carbonyl (C=O) groups excluding carboxylic acids is 2. The van der Waals surface area contributed by atoms with Crippen molar-refractivity contribution in [2.45, 2.75) is 35.9 Å². The molecule has 1 amide bonds. The van der Waals surface area contributed by atoms with Crippen LogP contribution in [0.5, 0.6) is 5.75 Å². The highest BCUT2D eigenvalue weighted by Gasteiger charge is 2.55. The molecule has 1 fully saturated rings. The van der Waals surface area contributed by atoms with Crippen molar-refractivity contribution in [3.8, 4) is 5.75 Å². The van der Waals surface area contributed by atoms with Gasteiger partial charge in [-0.1, -0.05) is 67.2 Å². The fourth-order valence-corrected chi connectivity index (χ4v) is 8.59. The SMILES string of the molecule is C=C(C)C(C(=O)OCc1ccc(OC)cc1)N1C(=O)C(N=Cc2ccc(F)cc2)C1SS(=O)(=O)c1cccc2ccccc12. The average molecular weight is 633 g/mol. The van der Waals surface area contributed by atoms with Gasteiger partial charge in [0.25, 0.3) is 5.91 Å². The maximum atomic E-state index is 13.9. The summed E-state index contributed by atoms with van der Waals surface area (Å²) in [6, 6.07) is 22.1. The van der Waals surface area contributed by atoms with Crippen LogP contribution >= 0.6 is 10.8 Å². The highest BCUT2D eigenvalue weighted by atomic mass is 33.1. The number of esters is 1. The summed E-state index contributed by atoms with van der Waals surface area (Å²) in [7, 11) is -1.99. The van der Waals surface area contributed by atoms with Crippen LogP contribution in [0, 0.1) is 5.82 Å². The summed E-state index contributed by atoms with van der Waals surface area (Å²) in [5.74, 6) is -1.11. The maximum absolute atomic E-state index is 13.9. The van der Waals surface area contributed by atoms with Crippen molar-refractivity contribution in [1.29, 1.82) is 0 Å². The zero-order chi connectivity index (χ0) is 31.4. The Hall–Kier alpha value is -4.48. The second-order valence-electron chi connectivity index (χ2n) is 10.1. The van der Waals surface area contributed by atoms with Gasteiger partial charge in [0.15, 0.2) is 12.1 Å². The number of fused-ring (bicyclic) bond motifs is 1. The highest BCUT2D eigenvalue weighted by molar-refractivity contribution is 8.72. The summed E-state index contributed by atoms with van der Waals surface area (Å²) in [5.41, 5.74) is 1.52. The molecular formula is C33H29FN2O6S2. The van der Waals surface area contributed by atoms with Gasteiger partial charge in [0.05, 0.1) is 12.0 Å². The van der Waals surface area contributed by atoms with Crippen molar-refractivity contribution < 1.29 is 31.9 Å². The number of hydrogen-bond donors (Lipinski definition) is 0. The second kappa shape index (κ2) is 13.0. The number of aliphatic imine (C=N–C) groups is 1. The van der Waals surface area contributed by atoms with E-state index >= 15 is 0 Å². The van der Waals surface area contributed by atoms with Crippen molar-refractivity contribution in [1.82, 2.24) is 4.90 Å². The summed E-state index contributed by atoms with van der Waals surface area (Å²) in [4.78, 5) is 32.6. The molecule has 8 nitrogen and oxygen atoms in total. The lowest BCUT2D eigenvalue weighted by atomic mass is 9.99. The van der Waals surface area contributed by atoms with Gasteiger partial charge >= 0.3 is 5.97 Å². The highest BCUT2D eigenvalue weighted by Crippen LogP contribution is 2.42. The van der Waals surface area contributed by atoms with Gasteiger partial charge < -0.3 is 14.4 Å². The topological polar surface area (TPSA) is 102 Å². The summed E-state index contributed by atoms with van der Waals surface area (Å²) >= 11 is 0. The molecule has 3 unspecified atom stereocenters. The molecule has 4 aromatic carbocycles. The van der Waals surface area contributed by atoms with Gasteiger partial charge in [-0.2, -0.15) is 0 Å². The first kappa shape index (κ1) is 31.0. The van der Waals surface area contributed by atoms with Gasteiger partial charge in [0.1, 0.15) is 23.5 Å². The van der Waals surface area contributed by atoms with Crippen molar-refractivity contribution in [2.75, 3.05) is 7.11 Å². The predicted octanol–water partition coefficient (Wildman–Crippen LogP) is 5.75. The van der Waals surface area contributed by atoms with E-state index in [2.05, 4.69) is 11.6 Å². The Morgan fingerprint density at radius 3 is 2.41 bits per heavy atom. The number of hydrogen-bond acceptors (Lipinski definition) is 8. The van der Waals surface area contributed by atoms with Crippen molar-refractivity contribution in [3.05, 3.63) is 120 Å². The van der Waals surface area contributed by atoms with Crippen LogP contribution in [0.1, 0.15) is 18.1 Å². The fraction of sp³-hybridized carbons (Fsp3) is 0.182. The van der Waals surface area contributed by atoms with Crippen LogP contribution in [0.3, 0.4) is 0 Å². The minimum atomic E-state index is -4.07. The Morgan fingerprint density at radius 2 is 1.73 bits per heavy atom. The number of nitrogens with zero attached hydrogens (tertiary/aromatic N) is 2. The van der Waals surface area contributed by atoms with E-state index in [4.69, 9.17) is 9.47 Å². The zero-order valence-electron chi connectivity index (χ0n) is 23.9. The minimum Gasteiger partial charge on any atom is -0.497 e. The lowest BCUT2D eigenvalue weighted by Crippen LogP contribution is -2.67. The van der Waals surface area contributed by atoms with Gasteiger partial charge in [-0.3, -0.25) is 9.79 Å². The Bertz CT molecular complexity index is 1840. The van der Waals surface area contributed by atoms with Crippen molar-refractivity contribution in [3.63, 3.8) is 0 Å². The van der Waals surface area contributed by atoms with Crippen LogP contribution in [0.4, 0.5) is 4.39 Å². The normalized spacial score (nSPS) is 17.3. The molecule has 0 aliphatic carbocycles. The summed E-state index contributed by atoms with van der Waals surface area (Å²) in [6.45, 7) is 5.40. The number of rotatable bonds is 11. The van der Waals surface area contributed by atoms with E-state index in [9.17, 15) is 22.4 Å². The lowest BCUT2D eigenvalue weighted by molar-refractivity contribution is -0.161. The van der Waals surface area contributed by atoms with Gasteiger partial charge in [-0.25, -0.2) is 17.6 Å². The van der Waals surface area contributed by atoms with Crippen molar-refractivity contribution >= 4 is 48.5 Å². The number of ether oxygens (including phenoxy) is 2. The molecule has 1 saturated heterocycles. The third-order valence-electron chi connectivity index (χ3n) is 7.06. The van der Waals surface area contributed by atoms with E-state index < -0.39 is 44.0 Å². The molecule has 1 heterocycles. The molecule has 0 bridgehead atoms. The number of β-lactam (4-membered cyclic amide) rings is 1. The number of methoxy groups -OCH3 is 1. The monoisotopic (exact) mass is 632 g/mol. The first-order valence-electron chi connectivity index (χ1n) is 13.6. The smallest absolute Gasteiger partial charge is 0.333 e. The fourth-order valence-electron chi connectivity index (χ4n) is 4.80. The molecule has 11 heteroatoms. The summed E-state index contributed by atoms with van der Waals surface area (Å²) < 4.78 is 51.9. The van der Waals surface area contributed by atoms with Gasteiger partial charge in [0.2, 0.25) is 8.87 Å². The number of amides is 1. The molecule has 226 valence electrons. The first-order chi connectivity index (χ1) is 21.1. The predicted molar refractivity (Wildman–Crippen MR) is 169 cm³/mol. The van der Waals surface area contributed by atoms with Gasteiger partial charge in [0, 0.05) is 22.4 Å². The molecule has 1 aliphatic rings. The molecule has 0 N–H and O–H groups in total. The molecule has 44 heavy (non-hydrogen) atoms. The van der Waals surface area contributed by atoms with Crippen LogP contribution in [-0.2, 0) is 29.8 Å². The van der Waals surface area contributed by atoms with Crippen LogP contribution < -0.4 is 4.74 Å². The van der Waals surface area contributed by atoms with E-state index in [0.717, 1.165) is 5.39 Å². The van der Waals surface area contributed by atoms with E-state index in [0.29, 0.717) is 38.6 Å². The summed E-state index contributed by atoms with van der Waals surface area (Å²) in [6.07, 6.45) is 1.38. The average Bonchev–Trinajstić information content (AvgIpc) is 3.02. The molecular weight excluding hydrogens is 604 g/mol. The Kier molecular flexibility index (Phi) is 9.17. The molecule has 4 aromatic rings. The van der Waals surface area contributed by atoms with E-state index in [-0.39, 0.29) is 11.5 Å². The van der Waals surface area contributed by atoms with Crippen molar-refractivity contribution in [2.24, 2.45) is 4.99 Å². The van der Waals surface area contributed by atoms with Gasteiger partial charge in [-0.15, -0.1) is 0 Å². The van der Waals surface area contributed by atoms with Crippen LogP contribution in [-0.4, -0.2) is 56.0 Å². The number of halogens is 1. The zero-order valence-corrected chi connectivity index (χ0v) is 25.6. The van der Waals surface area contributed by atoms with Gasteiger partial charge in [-0.05, 0) is 59.3 Å². The molecule has 3 atom stereocenters. The largest absolute Gasteiger partial charge is 0.497 e. The molecule has 0 saturated carbocycles. The maximum Gasteiger partial charge on any atom is 0.333 e. The molecule has 0 radical (unpaired) electrons. The lowest BCUT2D eigenvalue weighted by Gasteiger charge is -2.47. The summed E-state index contributed by atoms with van der Waals surface area (Å²) in [5, 5.41) is 0.184. The quantitative estimate of drug-likeness (QED) is 0.0682. The standard InChI is InChI=1S/C33H29FN2O6S2/c1-21(2)30(33(38)42-20-23-13-17-26(41-3)18-14-23)36-31(37)29(35-19-22-11-15-25(34)16-12-22)32(36)43-44(39,40)28-10-6-8-24-7-4-5-9-27(24)28/h4-19,29-30,32H,1,20H2,2-3H3. The van der Waals surface area contributed by atoms with E-state index in [1.165, 1.54) is 41.4 Å². The van der Waals surface area contributed by atoms with Crippen LogP contribution in [0.25, 0.3) is 10.8 Å². The first-order valence-corrected chi connectivity index (χ1v) is 16.4. The Labute approximate surface area is 258 Å². The Balaban J connectivity index is 1.45. The number of carbonyl (C=O) groups is 2. The third kappa shape index (κ3) is 6.53. The van der Waals surface area contributed by atoms with E-state index in [1.807, 2.05) is 18.2 Å². The second-order valence-corrected chi connectivity index (χ2v) is 14.1. The molecule has 0 aromatic heterocycles. The Morgan fingerprint density at radius 1 is 1.05 bits per heavy atom.